The maximum atomic E-state index is 11.8. The molecule has 1 aromatic carbocycles. The van der Waals surface area contributed by atoms with Crippen LogP contribution in [0.15, 0.2) is 23.1 Å². The smallest absolute Gasteiger partial charge is 0.232 e. The van der Waals surface area contributed by atoms with Gasteiger partial charge >= 0.3 is 0 Å². The maximum Gasteiger partial charge on any atom is 0.232 e. The third kappa shape index (κ3) is 4.13. The topological polar surface area (TPSA) is 46.3 Å². The van der Waals surface area contributed by atoms with Crippen LogP contribution in [0.3, 0.4) is 0 Å². The molecule has 0 radical (unpaired) electrons. The second-order valence-electron chi connectivity index (χ2n) is 4.07. The number of anilines is 1. The monoisotopic (exact) mass is 272 g/mol. The molecular formula is C12H17ClN2OS. The van der Waals surface area contributed by atoms with E-state index in [2.05, 4.69) is 0 Å². The van der Waals surface area contributed by atoms with Crippen molar-refractivity contribution < 1.29 is 4.79 Å². The van der Waals surface area contributed by atoms with Crippen molar-refractivity contribution >= 4 is 35.0 Å². The van der Waals surface area contributed by atoms with Crippen LogP contribution < -0.4 is 5.73 Å². The van der Waals surface area contributed by atoms with Gasteiger partial charge in [0.2, 0.25) is 5.91 Å². The highest BCUT2D eigenvalue weighted by Gasteiger charge is 2.12. The molecule has 5 heteroatoms. The van der Waals surface area contributed by atoms with Crippen molar-refractivity contribution in [2.75, 3.05) is 18.5 Å². The zero-order valence-corrected chi connectivity index (χ0v) is 11.8. The van der Waals surface area contributed by atoms with Gasteiger partial charge in [-0.3, -0.25) is 4.79 Å². The summed E-state index contributed by atoms with van der Waals surface area (Å²) in [6.07, 6.45) is 0. The van der Waals surface area contributed by atoms with E-state index in [0.717, 1.165) is 4.90 Å². The van der Waals surface area contributed by atoms with Crippen LogP contribution >= 0.6 is 23.4 Å². The number of rotatable bonds is 4. The molecule has 1 aromatic rings. The lowest BCUT2D eigenvalue weighted by Gasteiger charge is -2.21. The molecule has 2 N–H and O–H groups in total. The van der Waals surface area contributed by atoms with Gasteiger partial charge in [-0.15, -0.1) is 11.8 Å². The van der Waals surface area contributed by atoms with Crippen molar-refractivity contribution in [2.24, 2.45) is 0 Å². The fourth-order valence-corrected chi connectivity index (χ4v) is 2.33. The lowest BCUT2D eigenvalue weighted by molar-refractivity contribution is -0.128. The van der Waals surface area contributed by atoms with Crippen LogP contribution in [0.2, 0.25) is 5.02 Å². The number of hydrogen-bond acceptors (Lipinski definition) is 3. The molecule has 0 unspecified atom stereocenters. The maximum absolute atomic E-state index is 11.8. The van der Waals surface area contributed by atoms with E-state index in [1.807, 2.05) is 13.8 Å². The van der Waals surface area contributed by atoms with Crippen molar-refractivity contribution in [3.8, 4) is 0 Å². The van der Waals surface area contributed by atoms with E-state index in [1.165, 1.54) is 11.8 Å². The van der Waals surface area contributed by atoms with Crippen molar-refractivity contribution in [1.82, 2.24) is 4.90 Å². The molecule has 0 aromatic heterocycles. The average Bonchev–Trinajstić information content (AvgIpc) is 2.28. The Balaban J connectivity index is 2.61. The summed E-state index contributed by atoms with van der Waals surface area (Å²) in [7, 11) is 1.80. The number of nitrogen functional groups attached to an aromatic ring is 1. The van der Waals surface area contributed by atoms with E-state index >= 15 is 0 Å². The van der Waals surface area contributed by atoms with Gasteiger partial charge in [0.1, 0.15) is 0 Å². The number of benzene rings is 1. The van der Waals surface area contributed by atoms with Crippen LogP contribution in [0.25, 0.3) is 0 Å². The number of hydrogen-bond donors (Lipinski definition) is 1. The lowest BCUT2D eigenvalue weighted by atomic mass is 10.3. The van der Waals surface area contributed by atoms with Crippen molar-refractivity contribution in [1.29, 1.82) is 0 Å². The quantitative estimate of drug-likeness (QED) is 0.677. The number of nitrogens with zero attached hydrogens (tertiary/aromatic N) is 1. The van der Waals surface area contributed by atoms with Gasteiger partial charge in [0.25, 0.3) is 0 Å². The normalized spacial score (nSPS) is 10.6. The summed E-state index contributed by atoms with van der Waals surface area (Å²) in [6, 6.07) is 5.48. The molecule has 1 rings (SSSR count). The fraction of sp³-hybridized carbons (Fsp3) is 0.417. The number of thioether (sulfide) groups is 1. The number of carbonyl (C=O) groups excluding carboxylic acids is 1. The van der Waals surface area contributed by atoms with Gasteiger partial charge in [-0.05, 0) is 32.0 Å². The molecule has 0 aliphatic heterocycles. The van der Waals surface area contributed by atoms with Gasteiger partial charge in [-0.1, -0.05) is 11.6 Å². The number of nitrogens with two attached hydrogens (primary N) is 1. The third-order valence-electron chi connectivity index (χ3n) is 2.49. The highest BCUT2D eigenvalue weighted by Crippen LogP contribution is 2.28. The largest absolute Gasteiger partial charge is 0.398 e. The predicted molar refractivity (Wildman–Crippen MR) is 74.5 cm³/mol. The Bertz CT molecular complexity index is 409. The molecular weight excluding hydrogens is 256 g/mol. The second-order valence-corrected chi connectivity index (χ2v) is 5.52. The van der Waals surface area contributed by atoms with Crippen LogP contribution in [0.1, 0.15) is 13.8 Å². The van der Waals surface area contributed by atoms with Gasteiger partial charge in [0.15, 0.2) is 0 Å². The first-order valence-electron chi connectivity index (χ1n) is 5.35. The minimum Gasteiger partial charge on any atom is -0.398 e. The Hall–Kier alpha value is -0.870. The van der Waals surface area contributed by atoms with Crippen molar-refractivity contribution in [3.63, 3.8) is 0 Å². The molecule has 0 fully saturated rings. The van der Waals surface area contributed by atoms with E-state index in [-0.39, 0.29) is 11.9 Å². The van der Waals surface area contributed by atoms with E-state index in [0.29, 0.717) is 16.5 Å². The molecule has 0 saturated carbocycles. The molecule has 0 atom stereocenters. The van der Waals surface area contributed by atoms with E-state index < -0.39 is 0 Å². The summed E-state index contributed by atoms with van der Waals surface area (Å²) in [4.78, 5) is 14.4. The molecule has 1 amide bonds. The van der Waals surface area contributed by atoms with Gasteiger partial charge < -0.3 is 10.6 Å². The number of amides is 1. The van der Waals surface area contributed by atoms with Crippen molar-refractivity contribution in [2.45, 2.75) is 24.8 Å². The summed E-state index contributed by atoms with van der Waals surface area (Å²) in [5.74, 6) is 0.462. The second kappa shape index (κ2) is 6.17. The first kappa shape index (κ1) is 14.2. The first-order valence-corrected chi connectivity index (χ1v) is 6.71. The van der Waals surface area contributed by atoms with Crippen molar-refractivity contribution in [3.05, 3.63) is 23.2 Å². The predicted octanol–water partition coefficient (Wildman–Crippen LogP) is 2.88. The molecule has 0 aliphatic rings. The van der Waals surface area contributed by atoms with Crippen LogP contribution in [-0.4, -0.2) is 29.6 Å². The summed E-state index contributed by atoms with van der Waals surface area (Å²) in [5, 5.41) is 0.631. The standard InChI is InChI=1S/C12H17ClN2OS/c1-8(2)15(3)12(16)7-17-11-6-9(13)4-5-10(11)14/h4-6,8H,7,14H2,1-3H3. The summed E-state index contributed by atoms with van der Waals surface area (Å²) < 4.78 is 0. The molecule has 0 aliphatic carbocycles. The number of carbonyl (C=O) groups is 1. The molecule has 0 saturated heterocycles. The Morgan fingerprint density at radius 2 is 2.18 bits per heavy atom. The highest BCUT2D eigenvalue weighted by atomic mass is 35.5. The third-order valence-corrected chi connectivity index (χ3v) is 3.79. The number of halogens is 1. The SMILES string of the molecule is CC(C)N(C)C(=O)CSc1cc(Cl)ccc1N. The van der Waals surface area contributed by atoms with Gasteiger partial charge in [-0.25, -0.2) is 0 Å². The average molecular weight is 273 g/mol. The fourth-order valence-electron chi connectivity index (χ4n) is 1.16. The summed E-state index contributed by atoms with van der Waals surface area (Å²) in [5.41, 5.74) is 6.46. The zero-order valence-electron chi connectivity index (χ0n) is 10.2. The summed E-state index contributed by atoms with van der Waals surface area (Å²) >= 11 is 7.30. The van der Waals surface area contributed by atoms with E-state index in [9.17, 15) is 4.79 Å². The molecule has 3 nitrogen and oxygen atoms in total. The van der Waals surface area contributed by atoms with Gasteiger partial charge in [0, 0.05) is 28.7 Å². The minimum atomic E-state index is 0.0874. The molecule has 17 heavy (non-hydrogen) atoms. The van der Waals surface area contributed by atoms with Crippen LogP contribution in [0, 0.1) is 0 Å². The van der Waals surface area contributed by atoms with Gasteiger partial charge in [-0.2, -0.15) is 0 Å². The Kier molecular flexibility index (Phi) is 5.15. The Labute approximate surface area is 111 Å². The van der Waals surface area contributed by atoms with Crippen LogP contribution in [-0.2, 0) is 4.79 Å². The zero-order chi connectivity index (χ0) is 13.0. The minimum absolute atomic E-state index is 0.0874. The van der Waals surface area contributed by atoms with E-state index in [4.69, 9.17) is 17.3 Å². The van der Waals surface area contributed by atoms with E-state index in [1.54, 1.807) is 30.1 Å². The molecule has 94 valence electrons. The lowest BCUT2D eigenvalue weighted by Crippen LogP contribution is -2.34. The molecule has 0 heterocycles. The van der Waals surface area contributed by atoms with Crippen LogP contribution in [0.5, 0.6) is 0 Å². The van der Waals surface area contributed by atoms with Crippen LogP contribution in [0.4, 0.5) is 5.69 Å². The van der Waals surface area contributed by atoms with Gasteiger partial charge in [0.05, 0.1) is 5.75 Å². The Morgan fingerprint density at radius 1 is 1.53 bits per heavy atom. The molecule has 0 bridgehead atoms. The highest BCUT2D eigenvalue weighted by molar-refractivity contribution is 8.00. The molecule has 0 spiro atoms. The summed E-state index contributed by atoms with van der Waals surface area (Å²) in [6.45, 7) is 3.96. The first-order chi connectivity index (χ1) is 7.91. The Morgan fingerprint density at radius 3 is 2.76 bits per heavy atom.